The minimum Gasteiger partial charge on any atom is -0.337 e. The van der Waals surface area contributed by atoms with Gasteiger partial charge in [-0.05, 0) is 18.2 Å². The molecule has 0 amide bonds. The van der Waals surface area contributed by atoms with Crippen molar-refractivity contribution in [3.05, 3.63) is 41.9 Å². The second kappa shape index (κ2) is 7.00. The van der Waals surface area contributed by atoms with Gasteiger partial charge < -0.3 is 9.88 Å². The van der Waals surface area contributed by atoms with E-state index in [9.17, 15) is 8.42 Å². The normalized spacial score (nSPS) is 19.0. The molecule has 7 nitrogen and oxygen atoms in total. The second-order valence-electron chi connectivity index (χ2n) is 5.71. The number of nitrogens with zero attached hydrogens (tertiary/aromatic N) is 4. The third-order valence-corrected chi connectivity index (χ3v) is 6.96. The van der Waals surface area contributed by atoms with Gasteiger partial charge in [-0.15, -0.1) is 23.7 Å². The van der Waals surface area contributed by atoms with Crippen molar-refractivity contribution < 1.29 is 8.42 Å². The molecule has 0 saturated carbocycles. The van der Waals surface area contributed by atoms with Crippen molar-refractivity contribution in [2.24, 2.45) is 7.05 Å². The van der Waals surface area contributed by atoms with Crippen LogP contribution in [0.25, 0.3) is 10.2 Å². The molecule has 0 spiro atoms. The van der Waals surface area contributed by atoms with Crippen LogP contribution in [0.3, 0.4) is 0 Å². The zero-order valence-electron chi connectivity index (χ0n) is 13.5. The number of hydrogen-bond donors (Lipinski definition) is 1. The van der Waals surface area contributed by atoms with Gasteiger partial charge in [-0.1, -0.05) is 0 Å². The van der Waals surface area contributed by atoms with E-state index < -0.39 is 10.0 Å². The van der Waals surface area contributed by atoms with Gasteiger partial charge in [0.25, 0.3) is 0 Å². The average Bonchev–Trinajstić information content (AvgIpc) is 3.22. The van der Waals surface area contributed by atoms with Gasteiger partial charge in [0.15, 0.2) is 0 Å². The first-order valence-corrected chi connectivity index (χ1v) is 9.92. The maximum atomic E-state index is 13.2. The highest BCUT2D eigenvalue weighted by Crippen LogP contribution is 2.30. The Morgan fingerprint density at radius 1 is 1.32 bits per heavy atom. The quantitative estimate of drug-likeness (QED) is 0.726. The monoisotopic (exact) mass is 399 g/mol. The molecule has 2 aromatic heterocycles. The molecule has 10 heteroatoms. The van der Waals surface area contributed by atoms with Crippen LogP contribution in [-0.2, 0) is 17.1 Å². The van der Waals surface area contributed by atoms with Crippen LogP contribution in [-0.4, -0.2) is 46.9 Å². The summed E-state index contributed by atoms with van der Waals surface area (Å²) in [5.41, 5.74) is 2.54. The molecule has 1 aliphatic rings. The first-order chi connectivity index (χ1) is 11.6. The lowest BCUT2D eigenvalue weighted by Crippen LogP contribution is -2.49. The number of hydrogen-bond acceptors (Lipinski definition) is 6. The summed E-state index contributed by atoms with van der Waals surface area (Å²) in [6, 6.07) is 4.78. The Balaban J connectivity index is 0.00000182. The standard InChI is InChI=1S/C15H17N5O2S2.ClH/c1-19-6-5-17-15(19)13-9-16-4-7-20(13)24(21,22)11-2-3-12-14(8-11)23-10-18-12;/h2-3,5-6,8,10,13,16H,4,7,9H2,1H3;1H. The Morgan fingerprint density at radius 3 is 2.92 bits per heavy atom. The maximum absolute atomic E-state index is 13.2. The molecule has 1 unspecified atom stereocenters. The molecule has 3 heterocycles. The molecule has 0 radical (unpaired) electrons. The van der Waals surface area contributed by atoms with Crippen molar-refractivity contribution in [3.63, 3.8) is 0 Å². The van der Waals surface area contributed by atoms with Crippen molar-refractivity contribution in [3.8, 4) is 0 Å². The summed E-state index contributed by atoms with van der Waals surface area (Å²) in [5, 5.41) is 3.26. The Kier molecular flexibility index (Phi) is 5.12. The van der Waals surface area contributed by atoms with Gasteiger partial charge in [0.2, 0.25) is 10.0 Å². The SMILES string of the molecule is Cl.Cn1ccnc1C1CNCCN1S(=O)(=O)c1ccc2ncsc2c1. The van der Waals surface area contributed by atoms with E-state index >= 15 is 0 Å². The Hall–Kier alpha value is -1.52. The lowest BCUT2D eigenvalue weighted by atomic mass is 10.2. The van der Waals surface area contributed by atoms with Crippen molar-refractivity contribution in [1.82, 2.24) is 24.2 Å². The van der Waals surface area contributed by atoms with Gasteiger partial charge in [0.1, 0.15) is 5.82 Å². The predicted octanol–water partition coefficient (Wildman–Crippen LogP) is 1.79. The molecule has 1 atom stereocenters. The van der Waals surface area contributed by atoms with Gasteiger partial charge in [0.05, 0.1) is 26.7 Å². The summed E-state index contributed by atoms with van der Waals surface area (Å²) < 4.78 is 30.7. The molecule has 0 aliphatic carbocycles. The van der Waals surface area contributed by atoms with E-state index in [2.05, 4.69) is 15.3 Å². The van der Waals surface area contributed by atoms with Crippen molar-refractivity contribution in [1.29, 1.82) is 0 Å². The Bertz CT molecular complexity index is 985. The molecule has 1 aliphatic heterocycles. The highest BCUT2D eigenvalue weighted by atomic mass is 35.5. The van der Waals surface area contributed by atoms with Crippen LogP contribution in [0.1, 0.15) is 11.9 Å². The largest absolute Gasteiger partial charge is 0.337 e. The zero-order chi connectivity index (χ0) is 16.7. The third-order valence-electron chi connectivity index (χ3n) is 4.26. The van der Waals surface area contributed by atoms with Crippen LogP contribution in [0.4, 0.5) is 0 Å². The Morgan fingerprint density at radius 2 is 2.16 bits per heavy atom. The van der Waals surface area contributed by atoms with Gasteiger partial charge in [0, 0.05) is 39.1 Å². The van der Waals surface area contributed by atoms with E-state index in [1.54, 1.807) is 34.2 Å². The fourth-order valence-corrected chi connectivity index (χ4v) is 5.43. The number of rotatable bonds is 3. The highest BCUT2D eigenvalue weighted by molar-refractivity contribution is 7.89. The van der Waals surface area contributed by atoms with Crippen LogP contribution in [0.15, 0.2) is 41.0 Å². The zero-order valence-corrected chi connectivity index (χ0v) is 15.9. The number of aromatic nitrogens is 3. The van der Waals surface area contributed by atoms with Gasteiger partial charge >= 0.3 is 0 Å². The van der Waals surface area contributed by atoms with Crippen molar-refractivity contribution >= 4 is 44.0 Å². The summed E-state index contributed by atoms with van der Waals surface area (Å²) in [6.45, 7) is 1.59. The van der Waals surface area contributed by atoms with Crippen LogP contribution < -0.4 is 5.32 Å². The van der Waals surface area contributed by atoms with E-state index in [1.807, 2.05) is 17.8 Å². The molecule has 4 rings (SSSR count). The average molecular weight is 400 g/mol. The lowest BCUT2D eigenvalue weighted by Gasteiger charge is -2.34. The molecule has 134 valence electrons. The maximum Gasteiger partial charge on any atom is 0.243 e. The number of sulfonamides is 1. The number of fused-ring (bicyclic) bond motifs is 1. The van der Waals surface area contributed by atoms with Gasteiger partial charge in [-0.25, -0.2) is 18.4 Å². The third kappa shape index (κ3) is 3.18. The summed E-state index contributed by atoms with van der Waals surface area (Å²) in [7, 11) is -1.72. The summed E-state index contributed by atoms with van der Waals surface area (Å²) >= 11 is 1.44. The van der Waals surface area contributed by atoms with E-state index in [0.29, 0.717) is 24.5 Å². The van der Waals surface area contributed by atoms with E-state index in [0.717, 1.165) is 16.0 Å². The number of imidazole rings is 1. The lowest BCUT2D eigenvalue weighted by molar-refractivity contribution is 0.258. The van der Waals surface area contributed by atoms with Gasteiger partial charge in [-0.2, -0.15) is 4.31 Å². The van der Waals surface area contributed by atoms with Crippen LogP contribution in [0, 0.1) is 0 Å². The second-order valence-corrected chi connectivity index (χ2v) is 8.49. The van der Waals surface area contributed by atoms with Gasteiger partial charge in [-0.3, -0.25) is 0 Å². The predicted molar refractivity (Wildman–Crippen MR) is 99.6 cm³/mol. The summed E-state index contributed by atoms with van der Waals surface area (Å²) in [5.74, 6) is 0.740. The van der Waals surface area contributed by atoms with Crippen molar-refractivity contribution in [2.75, 3.05) is 19.6 Å². The molecule has 1 fully saturated rings. The number of halogens is 1. The van der Waals surface area contributed by atoms with E-state index in [4.69, 9.17) is 0 Å². The molecule has 1 saturated heterocycles. The fourth-order valence-electron chi connectivity index (χ4n) is 3.02. The minimum absolute atomic E-state index is 0. The van der Waals surface area contributed by atoms with E-state index in [1.165, 1.54) is 11.3 Å². The molecule has 3 aromatic rings. The summed E-state index contributed by atoms with van der Waals surface area (Å²) in [4.78, 5) is 8.86. The minimum atomic E-state index is -3.60. The van der Waals surface area contributed by atoms with Crippen LogP contribution in [0.5, 0.6) is 0 Å². The first kappa shape index (κ1) is 18.3. The number of benzene rings is 1. The molecular weight excluding hydrogens is 382 g/mol. The molecule has 0 bridgehead atoms. The highest BCUT2D eigenvalue weighted by Gasteiger charge is 2.36. The van der Waals surface area contributed by atoms with Crippen molar-refractivity contribution in [2.45, 2.75) is 10.9 Å². The smallest absolute Gasteiger partial charge is 0.243 e. The van der Waals surface area contributed by atoms with Crippen LogP contribution in [0.2, 0.25) is 0 Å². The number of nitrogens with one attached hydrogen (secondary N) is 1. The Labute approximate surface area is 156 Å². The number of thiazole rings is 1. The molecular formula is C15H18ClN5O2S2. The summed E-state index contributed by atoms with van der Waals surface area (Å²) in [6.07, 6.45) is 3.52. The topological polar surface area (TPSA) is 80.1 Å². The molecule has 1 N–H and O–H groups in total. The number of aryl methyl sites for hydroxylation is 1. The van der Waals surface area contributed by atoms with Crippen LogP contribution >= 0.6 is 23.7 Å². The van der Waals surface area contributed by atoms with E-state index in [-0.39, 0.29) is 18.4 Å². The molecule has 25 heavy (non-hydrogen) atoms. The number of piperazine rings is 1. The first-order valence-electron chi connectivity index (χ1n) is 7.60. The fraction of sp³-hybridized carbons (Fsp3) is 0.333. The molecule has 1 aromatic carbocycles.